The predicted octanol–water partition coefficient (Wildman–Crippen LogP) is -8.85. The van der Waals surface area contributed by atoms with Gasteiger partial charge in [0.1, 0.15) is 85.5 Å². The lowest BCUT2D eigenvalue weighted by molar-refractivity contribution is -0.389. The van der Waals surface area contributed by atoms with Crippen molar-refractivity contribution in [1.82, 2.24) is 0 Å². The van der Waals surface area contributed by atoms with Gasteiger partial charge in [0.2, 0.25) is 0 Å². The lowest BCUT2D eigenvalue weighted by Gasteiger charge is -2.49. The Balaban J connectivity index is 1.92. The second-order valence-corrected chi connectivity index (χ2v) is 9.32. The van der Waals surface area contributed by atoms with Gasteiger partial charge < -0.3 is 90.1 Å². The number of ether oxygens (including phenoxy) is 5. The molecule has 18 nitrogen and oxygen atoms in total. The van der Waals surface area contributed by atoms with Gasteiger partial charge in [-0.2, -0.15) is 0 Å². The Morgan fingerprint density at radius 3 is 1.58 bits per heavy atom. The van der Waals surface area contributed by atoms with Gasteiger partial charge in [0.15, 0.2) is 18.9 Å². The highest BCUT2D eigenvalue weighted by molar-refractivity contribution is 4.98. The van der Waals surface area contributed by atoms with Gasteiger partial charge in [-0.25, -0.2) is 0 Å². The van der Waals surface area contributed by atoms with Crippen molar-refractivity contribution in [1.29, 1.82) is 0 Å². The van der Waals surface area contributed by atoms with E-state index in [9.17, 15) is 66.4 Å². The Morgan fingerprint density at radius 2 is 1.03 bits per heavy atom. The molecule has 3 saturated heterocycles. The minimum absolute atomic E-state index is 0.827. The molecule has 18 heteroatoms. The summed E-state index contributed by atoms with van der Waals surface area (Å²) in [6, 6.07) is 0. The quantitative estimate of drug-likeness (QED) is 0.124. The summed E-state index contributed by atoms with van der Waals surface area (Å²) in [4.78, 5) is 0. The summed E-state index contributed by atoms with van der Waals surface area (Å²) in [5, 5.41) is 130. The van der Waals surface area contributed by atoms with E-state index in [1.54, 1.807) is 0 Å². The first kappa shape index (κ1) is 31.8. The predicted molar refractivity (Wildman–Crippen MR) is 113 cm³/mol. The Labute approximate surface area is 215 Å². The van der Waals surface area contributed by atoms with Crippen LogP contribution in [0.15, 0.2) is 0 Å². The Morgan fingerprint density at radius 1 is 0.526 bits per heavy atom. The van der Waals surface area contributed by atoms with Gasteiger partial charge in [-0.3, -0.25) is 0 Å². The molecule has 0 bridgehead atoms. The van der Waals surface area contributed by atoms with Crippen molar-refractivity contribution >= 4 is 0 Å². The number of rotatable bonds is 9. The fourth-order valence-electron chi connectivity index (χ4n) is 4.49. The lowest BCUT2D eigenvalue weighted by Crippen LogP contribution is -2.68. The topological polar surface area (TPSA) is 309 Å². The van der Waals surface area contributed by atoms with Gasteiger partial charge in [0.05, 0.1) is 19.8 Å². The average Bonchev–Trinajstić information content (AvgIpc) is 2.91. The smallest absolute Gasteiger partial charge is 0.187 e. The van der Waals surface area contributed by atoms with Crippen LogP contribution in [0, 0.1) is 0 Å². The van der Waals surface area contributed by atoms with Crippen molar-refractivity contribution in [2.75, 3.05) is 19.8 Å². The molecular weight excluding hydrogens is 528 g/mol. The molecule has 3 aliphatic heterocycles. The van der Waals surface area contributed by atoms with E-state index in [1.807, 2.05) is 0 Å². The van der Waals surface area contributed by atoms with Crippen LogP contribution in [-0.4, -0.2) is 191 Å². The molecule has 3 heterocycles. The van der Waals surface area contributed by atoms with Crippen molar-refractivity contribution in [3.63, 3.8) is 0 Å². The fraction of sp³-hybridized carbons (Fsp3) is 1.00. The highest BCUT2D eigenvalue weighted by Gasteiger charge is 2.55. The normalized spacial score (nSPS) is 50.0. The number of aliphatic hydroxyl groups excluding tert-OH is 13. The molecule has 38 heavy (non-hydrogen) atoms. The monoisotopic (exact) mass is 564 g/mol. The lowest BCUT2D eigenvalue weighted by atomic mass is 9.93. The third kappa shape index (κ3) is 6.28. The van der Waals surface area contributed by atoms with E-state index in [1.165, 1.54) is 0 Å². The van der Waals surface area contributed by atoms with Crippen LogP contribution in [0.5, 0.6) is 0 Å². The number of hydrogen-bond acceptors (Lipinski definition) is 18. The van der Waals surface area contributed by atoms with Crippen molar-refractivity contribution in [2.45, 2.75) is 104 Å². The molecule has 0 aromatic heterocycles. The van der Waals surface area contributed by atoms with E-state index < -0.39 is 124 Å². The van der Waals surface area contributed by atoms with Crippen LogP contribution in [0.3, 0.4) is 0 Å². The average molecular weight is 564 g/mol. The highest BCUT2D eigenvalue weighted by Crippen LogP contribution is 2.34. The molecule has 0 unspecified atom stereocenters. The third-order valence-electron chi connectivity index (χ3n) is 6.74. The van der Waals surface area contributed by atoms with E-state index in [0.717, 1.165) is 0 Å². The summed E-state index contributed by atoms with van der Waals surface area (Å²) in [6.07, 6.45) is -31.7. The van der Waals surface area contributed by atoms with Gasteiger partial charge in [0.25, 0.3) is 0 Å². The number of hydrogen-bond donors (Lipinski definition) is 13. The Bertz CT molecular complexity index is 730. The van der Waals surface area contributed by atoms with Crippen molar-refractivity contribution in [3.05, 3.63) is 0 Å². The minimum atomic E-state index is -2.10. The van der Waals surface area contributed by atoms with Gasteiger partial charge in [-0.05, 0) is 0 Å². The summed E-state index contributed by atoms with van der Waals surface area (Å²) < 4.78 is 26.8. The zero-order valence-electron chi connectivity index (χ0n) is 19.8. The maximum atomic E-state index is 10.6. The summed E-state index contributed by atoms with van der Waals surface area (Å²) in [5.41, 5.74) is 0. The first-order valence-corrected chi connectivity index (χ1v) is 11.8. The van der Waals surface area contributed by atoms with Crippen molar-refractivity contribution in [2.24, 2.45) is 0 Å². The van der Waals surface area contributed by atoms with Crippen LogP contribution in [0.25, 0.3) is 0 Å². The van der Waals surface area contributed by atoms with Gasteiger partial charge in [0, 0.05) is 0 Å². The van der Waals surface area contributed by atoms with Gasteiger partial charge in [-0.1, -0.05) is 0 Å². The molecule has 13 N–H and O–H groups in total. The van der Waals surface area contributed by atoms with E-state index >= 15 is 0 Å². The molecule has 0 aliphatic carbocycles. The van der Waals surface area contributed by atoms with Crippen molar-refractivity contribution in [3.8, 4) is 0 Å². The van der Waals surface area contributed by atoms with Crippen LogP contribution >= 0.6 is 0 Å². The summed E-state index contributed by atoms with van der Waals surface area (Å²) in [6.45, 7) is -2.73. The zero-order valence-corrected chi connectivity index (χ0v) is 19.8. The summed E-state index contributed by atoms with van der Waals surface area (Å²) in [7, 11) is 0. The minimum Gasteiger partial charge on any atom is -0.394 e. The summed E-state index contributed by atoms with van der Waals surface area (Å²) >= 11 is 0. The molecule has 3 rings (SSSR count). The highest BCUT2D eigenvalue weighted by atomic mass is 16.8. The first-order chi connectivity index (χ1) is 17.9. The van der Waals surface area contributed by atoms with E-state index in [0.29, 0.717) is 0 Å². The maximum absolute atomic E-state index is 10.6. The standard InChI is InChI=1S/C20H36O18/c21-1-4(24)14-10(29)9(28)12(31)20(36-14)37-16-13(32)18(33)35-15(5(25)2-22)17(16)38-19-11(30)8(27)7(26)6(3-23)34-19/h4-33H,1-3H2/t4-,5-,6+,7+,8-,9-,10-,11+,12-,13-,14+,15+,16+,17+,18-,19-,20+/m0/s1. The molecule has 0 radical (unpaired) electrons. The van der Waals surface area contributed by atoms with E-state index in [4.69, 9.17) is 23.7 Å². The first-order valence-electron chi connectivity index (χ1n) is 11.8. The zero-order chi connectivity index (χ0) is 28.5. The molecule has 0 aromatic carbocycles. The van der Waals surface area contributed by atoms with E-state index in [-0.39, 0.29) is 0 Å². The number of aliphatic hydroxyl groups is 13. The molecule has 224 valence electrons. The van der Waals surface area contributed by atoms with Crippen LogP contribution in [-0.2, 0) is 23.7 Å². The SMILES string of the molecule is OC[C@H](O)[C@H]1O[C@H](O[C@@H]2[C@H](O)[C@@H](O)O[C@H]([C@@H](O)CO)[C@H]2O[C@@H]2O[C@H](CO)[C@@H](O)[C@H](O)[C@H]2O)[C@@H](O)[C@@H](O)[C@@H]1O. The maximum Gasteiger partial charge on any atom is 0.187 e. The van der Waals surface area contributed by atoms with Crippen LogP contribution in [0.2, 0.25) is 0 Å². The molecule has 0 amide bonds. The second kappa shape index (κ2) is 13.3. The molecular formula is C20H36O18. The third-order valence-corrected chi connectivity index (χ3v) is 6.74. The fourth-order valence-corrected chi connectivity index (χ4v) is 4.49. The van der Waals surface area contributed by atoms with Gasteiger partial charge in [-0.15, -0.1) is 0 Å². The van der Waals surface area contributed by atoms with Crippen LogP contribution < -0.4 is 0 Å². The molecule has 3 aliphatic rings. The van der Waals surface area contributed by atoms with Crippen LogP contribution in [0.4, 0.5) is 0 Å². The molecule has 0 spiro atoms. The van der Waals surface area contributed by atoms with Gasteiger partial charge >= 0.3 is 0 Å². The van der Waals surface area contributed by atoms with Crippen LogP contribution in [0.1, 0.15) is 0 Å². The van der Waals surface area contributed by atoms with E-state index in [2.05, 4.69) is 0 Å². The van der Waals surface area contributed by atoms with Crippen molar-refractivity contribution < 1.29 is 90.1 Å². The Kier molecular flexibility index (Phi) is 11.1. The molecule has 3 fully saturated rings. The molecule has 17 atom stereocenters. The second-order valence-electron chi connectivity index (χ2n) is 9.32. The molecule has 0 saturated carbocycles. The largest absolute Gasteiger partial charge is 0.394 e. The molecule has 0 aromatic rings. The Hall–Kier alpha value is -0.720. The summed E-state index contributed by atoms with van der Waals surface area (Å²) in [5.74, 6) is 0.